The van der Waals surface area contributed by atoms with Gasteiger partial charge < -0.3 is 5.32 Å². The molecule has 2 rings (SSSR count). The lowest BCUT2D eigenvalue weighted by molar-refractivity contribution is 0.571. The summed E-state index contributed by atoms with van der Waals surface area (Å²) in [5.41, 5.74) is 1.37. The molecule has 0 aliphatic rings. The zero-order valence-electron chi connectivity index (χ0n) is 10.1. The summed E-state index contributed by atoms with van der Waals surface area (Å²) in [6, 6.07) is 8.45. The third kappa shape index (κ3) is 3.32. The molecule has 1 unspecified atom stereocenters. The molecule has 0 heterocycles. The second kappa shape index (κ2) is 5.99. The fourth-order valence-corrected chi connectivity index (χ4v) is 2.89. The highest BCUT2D eigenvalue weighted by Gasteiger charge is 2.16. The maximum Gasteiger partial charge on any atom is 0.126 e. The molecule has 0 aliphatic carbocycles. The van der Waals surface area contributed by atoms with Crippen molar-refractivity contribution in [1.82, 2.24) is 5.32 Å². The molecule has 0 bridgehead atoms. The van der Waals surface area contributed by atoms with Gasteiger partial charge in [-0.1, -0.05) is 33.6 Å². The van der Waals surface area contributed by atoms with E-state index in [4.69, 9.17) is 11.6 Å². The molecule has 1 nitrogen and oxygen atoms in total. The van der Waals surface area contributed by atoms with Crippen molar-refractivity contribution in [1.29, 1.82) is 0 Å². The van der Waals surface area contributed by atoms with Crippen LogP contribution in [-0.4, -0.2) is 7.05 Å². The van der Waals surface area contributed by atoms with Gasteiger partial charge in [-0.15, -0.1) is 0 Å². The van der Waals surface area contributed by atoms with Gasteiger partial charge in [0.1, 0.15) is 11.6 Å². The van der Waals surface area contributed by atoms with Crippen molar-refractivity contribution in [3.63, 3.8) is 0 Å². The number of benzene rings is 2. The van der Waals surface area contributed by atoms with E-state index < -0.39 is 11.6 Å². The Balaban J connectivity index is 2.49. The van der Waals surface area contributed by atoms with E-state index in [0.717, 1.165) is 16.1 Å². The van der Waals surface area contributed by atoms with Crippen molar-refractivity contribution in [3.8, 4) is 0 Å². The summed E-state index contributed by atoms with van der Waals surface area (Å²) < 4.78 is 27.4. The molecule has 0 saturated heterocycles. The van der Waals surface area contributed by atoms with Gasteiger partial charge in [-0.05, 0) is 42.4 Å². The Morgan fingerprint density at radius 2 is 1.74 bits per heavy atom. The van der Waals surface area contributed by atoms with Crippen LogP contribution in [-0.2, 0) is 0 Å². The summed E-state index contributed by atoms with van der Waals surface area (Å²) >= 11 is 9.30. The second-order valence-electron chi connectivity index (χ2n) is 4.09. The Hall–Kier alpha value is -0.970. The maximum absolute atomic E-state index is 13.3. The molecule has 1 atom stereocenters. The molecular weight excluding hydrogens is 336 g/mol. The van der Waals surface area contributed by atoms with Crippen molar-refractivity contribution in [2.75, 3.05) is 7.05 Å². The third-order valence-corrected chi connectivity index (χ3v) is 3.70. The summed E-state index contributed by atoms with van der Waals surface area (Å²) in [5, 5.41) is 3.64. The van der Waals surface area contributed by atoms with Crippen LogP contribution in [0.15, 0.2) is 40.9 Å². The fourth-order valence-electron chi connectivity index (χ4n) is 1.98. The Morgan fingerprint density at radius 3 is 2.26 bits per heavy atom. The molecule has 0 spiro atoms. The molecule has 19 heavy (non-hydrogen) atoms. The lowest BCUT2D eigenvalue weighted by Gasteiger charge is -2.19. The molecule has 0 aromatic heterocycles. The van der Waals surface area contributed by atoms with Crippen molar-refractivity contribution in [2.45, 2.75) is 6.04 Å². The molecule has 100 valence electrons. The average Bonchev–Trinajstić information content (AvgIpc) is 2.31. The van der Waals surface area contributed by atoms with Crippen molar-refractivity contribution in [2.24, 2.45) is 0 Å². The van der Waals surface area contributed by atoms with Crippen LogP contribution in [0.1, 0.15) is 17.2 Å². The molecule has 5 heteroatoms. The van der Waals surface area contributed by atoms with Crippen molar-refractivity contribution < 1.29 is 8.78 Å². The molecule has 0 fully saturated rings. The monoisotopic (exact) mass is 345 g/mol. The van der Waals surface area contributed by atoms with Crippen LogP contribution in [0.3, 0.4) is 0 Å². The van der Waals surface area contributed by atoms with E-state index in [2.05, 4.69) is 21.2 Å². The van der Waals surface area contributed by atoms with E-state index in [1.54, 1.807) is 19.2 Å². The summed E-state index contributed by atoms with van der Waals surface area (Å²) in [5.74, 6) is -1.19. The minimum atomic E-state index is -0.597. The van der Waals surface area contributed by atoms with Crippen molar-refractivity contribution in [3.05, 3.63) is 68.7 Å². The highest BCUT2D eigenvalue weighted by atomic mass is 79.9. The molecule has 0 amide bonds. The van der Waals surface area contributed by atoms with Gasteiger partial charge in [-0.2, -0.15) is 0 Å². The Bertz CT molecular complexity index is 584. The van der Waals surface area contributed by atoms with Gasteiger partial charge in [0.05, 0.1) is 6.04 Å². The van der Waals surface area contributed by atoms with Gasteiger partial charge in [0.15, 0.2) is 0 Å². The van der Waals surface area contributed by atoms with Crippen LogP contribution in [0.2, 0.25) is 5.02 Å². The second-order valence-corrected chi connectivity index (χ2v) is 5.38. The summed E-state index contributed by atoms with van der Waals surface area (Å²) in [6.45, 7) is 0. The van der Waals surface area contributed by atoms with Gasteiger partial charge in [0, 0.05) is 15.6 Å². The number of halogens is 4. The summed E-state index contributed by atoms with van der Waals surface area (Å²) in [7, 11) is 1.73. The smallest absolute Gasteiger partial charge is 0.126 e. The molecule has 0 saturated carbocycles. The van der Waals surface area contributed by atoms with E-state index in [1.165, 1.54) is 12.1 Å². The standard InChI is InChI=1S/C14H11BrClF2N/c1-19-14(8-4-10(17)7-11(18)5-8)12-3-2-9(16)6-13(12)15/h2-7,14,19H,1H3. The zero-order valence-corrected chi connectivity index (χ0v) is 12.4. The first-order chi connectivity index (χ1) is 9.01. The first kappa shape index (κ1) is 14.4. The van der Waals surface area contributed by atoms with Gasteiger partial charge >= 0.3 is 0 Å². The zero-order chi connectivity index (χ0) is 14.0. The Labute approximate surface area is 123 Å². The molecule has 0 aliphatic heterocycles. The van der Waals surface area contributed by atoms with Crippen LogP contribution < -0.4 is 5.32 Å². The van der Waals surface area contributed by atoms with Crippen LogP contribution in [0.5, 0.6) is 0 Å². The van der Waals surface area contributed by atoms with E-state index in [-0.39, 0.29) is 6.04 Å². The maximum atomic E-state index is 13.3. The molecule has 1 N–H and O–H groups in total. The third-order valence-electron chi connectivity index (χ3n) is 2.78. The molecule has 2 aromatic carbocycles. The quantitative estimate of drug-likeness (QED) is 0.850. The number of hydrogen-bond donors (Lipinski definition) is 1. The first-order valence-corrected chi connectivity index (χ1v) is 6.76. The van der Waals surface area contributed by atoms with Gasteiger partial charge in [0.2, 0.25) is 0 Å². The minimum absolute atomic E-state index is 0.322. The van der Waals surface area contributed by atoms with Gasteiger partial charge in [-0.3, -0.25) is 0 Å². The van der Waals surface area contributed by atoms with E-state index in [0.29, 0.717) is 10.6 Å². The fraction of sp³-hybridized carbons (Fsp3) is 0.143. The molecular formula is C14H11BrClF2N. The van der Waals surface area contributed by atoms with Crippen molar-refractivity contribution >= 4 is 27.5 Å². The number of hydrogen-bond acceptors (Lipinski definition) is 1. The van der Waals surface area contributed by atoms with E-state index in [1.807, 2.05) is 6.07 Å². The highest BCUT2D eigenvalue weighted by molar-refractivity contribution is 9.10. The van der Waals surface area contributed by atoms with E-state index >= 15 is 0 Å². The van der Waals surface area contributed by atoms with Gasteiger partial charge in [0.25, 0.3) is 0 Å². The lowest BCUT2D eigenvalue weighted by atomic mass is 9.98. The average molecular weight is 347 g/mol. The van der Waals surface area contributed by atoms with Crippen LogP contribution in [0.25, 0.3) is 0 Å². The van der Waals surface area contributed by atoms with E-state index in [9.17, 15) is 8.78 Å². The Kier molecular flexibility index (Phi) is 4.55. The Morgan fingerprint density at radius 1 is 1.11 bits per heavy atom. The SMILES string of the molecule is CNC(c1cc(F)cc(F)c1)c1ccc(Cl)cc1Br. The predicted molar refractivity (Wildman–Crippen MR) is 76.4 cm³/mol. The lowest BCUT2D eigenvalue weighted by Crippen LogP contribution is -2.18. The topological polar surface area (TPSA) is 12.0 Å². The van der Waals surface area contributed by atoms with Crippen LogP contribution in [0.4, 0.5) is 8.78 Å². The number of rotatable bonds is 3. The van der Waals surface area contributed by atoms with Gasteiger partial charge in [-0.25, -0.2) is 8.78 Å². The predicted octanol–water partition coefficient (Wildman–Crippen LogP) is 4.69. The molecule has 0 radical (unpaired) electrons. The largest absolute Gasteiger partial charge is 0.309 e. The number of nitrogens with one attached hydrogen (secondary N) is 1. The van der Waals surface area contributed by atoms with Crippen LogP contribution >= 0.6 is 27.5 Å². The molecule has 2 aromatic rings. The normalized spacial score (nSPS) is 12.5. The first-order valence-electron chi connectivity index (χ1n) is 5.59. The summed E-state index contributed by atoms with van der Waals surface area (Å²) in [4.78, 5) is 0. The summed E-state index contributed by atoms with van der Waals surface area (Å²) in [6.07, 6.45) is 0. The van der Waals surface area contributed by atoms with Crippen LogP contribution in [0, 0.1) is 11.6 Å². The minimum Gasteiger partial charge on any atom is -0.309 e. The highest BCUT2D eigenvalue weighted by Crippen LogP contribution is 2.31.